The third-order valence-electron chi connectivity index (χ3n) is 3.35. The summed E-state index contributed by atoms with van der Waals surface area (Å²) < 4.78 is 2.17. The Kier molecular flexibility index (Phi) is 4.76. The van der Waals surface area contributed by atoms with E-state index in [0.717, 1.165) is 37.6 Å². The van der Waals surface area contributed by atoms with Crippen molar-refractivity contribution in [2.75, 3.05) is 6.54 Å². The van der Waals surface area contributed by atoms with Gasteiger partial charge in [-0.3, -0.25) is 0 Å². The number of rotatable bonds is 5. The minimum atomic E-state index is 0.494. The third kappa shape index (κ3) is 3.94. The Bertz CT molecular complexity index is 434. The molecule has 1 aliphatic rings. The van der Waals surface area contributed by atoms with Crippen LogP contribution in [0.3, 0.4) is 0 Å². The molecule has 1 aliphatic heterocycles. The summed E-state index contributed by atoms with van der Waals surface area (Å²) in [6.07, 6.45) is 4.53. The van der Waals surface area contributed by atoms with Gasteiger partial charge in [-0.1, -0.05) is 13.8 Å². The van der Waals surface area contributed by atoms with Gasteiger partial charge in [0.1, 0.15) is 12.4 Å². The zero-order valence-corrected chi connectivity index (χ0v) is 11.9. The Morgan fingerprint density at radius 1 is 1.42 bits per heavy atom. The summed E-state index contributed by atoms with van der Waals surface area (Å²) in [4.78, 5) is 4.33. The molecule has 3 N–H and O–H groups in total. The van der Waals surface area contributed by atoms with Gasteiger partial charge in [-0.15, -0.1) is 10.2 Å². The van der Waals surface area contributed by atoms with E-state index in [0.29, 0.717) is 18.4 Å². The van der Waals surface area contributed by atoms with Crippen molar-refractivity contribution in [1.29, 1.82) is 0 Å². The van der Waals surface area contributed by atoms with Gasteiger partial charge in [0.2, 0.25) is 0 Å². The van der Waals surface area contributed by atoms with Crippen LogP contribution in [0.4, 0.5) is 0 Å². The highest BCUT2D eigenvalue weighted by Crippen LogP contribution is 2.14. The number of hydrogen-bond acceptors (Lipinski definition) is 3. The molecular weight excluding hydrogens is 240 g/mol. The fourth-order valence-electron chi connectivity index (χ4n) is 2.19. The van der Waals surface area contributed by atoms with Crippen molar-refractivity contribution >= 4 is 5.96 Å². The summed E-state index contributed by atoms with van der Waals surface area (Å²) in [5, 5.41) is 11.5. The Hall–Kier alpha value is -1.59. The van der Waals surface area contributed by atoms with E-state index in [-0.39, 0.29) is 0 Å². The van der Waals surface area contributed by atoms with Gasteiger partial charge in [0.25, 0.3) is 0 Å². The topological polar surface area (TPSA) is 81.1 Å². The van der Waals surface area contributed by atoms with Crippen molar-refractivity contribution in [2.24, 2.45) is 16.6 Å². The fourth-order valence-corrected chi connectivity index (χ4v) is 2.19. The van der Waals surface area contributed by atoms with Crippen LogP contribution in [0.2, 0.25) is 0 Å². The number of guanidine groups is 1. The van der Waals surface area contributed by atoms with Gasteiger partial charge in [-0.05, 0) is 25.2 Å². The summed E-state index contributed by atoms with van der Waals surface area (Å²) in [7, 11) is 0. The molecule has 0 saturated heterocycles. The molecule has 0 spiro atoms. The molecular formula is C13H24N6. The fraction of sp³-hybridized carbons (Fsp3) is 0.769. The van der Waals surface area contributed by atoms with Crippen LogP contribution in [0.25, 0.3) is 0 Å². The maximum atomic E-state index is 5.83. The van der Waals surface area contributed by atoms with Gasteiger partial charge in [-0.25, -0.2) is 4.99 Å². The number of nitrogens with two attached hydrogens (primary N) is 1. The van der Waals surface area contributed by atoms with E-state index in [9.17, 15) is 0 Å². The minimum Gasteiger partial charge on any atom is -0.370 e. The Morgan fingerprint density at radius 2 is 2.26 bits per heavy atom. The number of aliphatic imine (C=N–C) groups is 1. The first kappa shape index (κ1) is 13.8. The quantitative estimate of drug-likeness (QED) is 0.615. The Morgan fingerprint density at radius 3 is 3.05 bits per heavy atom. The van der Waals surface area contributed by atoms with Crippen LogP contribution in [0.1, 0.15) is 44.8 Å². The van der Waals surface area contributed by atoms with E-state index in [4.69, 9.17) is 5.73 Å². The molecule has 0 fully saturated rings. The number of nitrogens with one attached hydrogen (secondary N) is 1. The maximum absolute atomic E-state index is 5.83. The first-order valence-electron chi connectivity index (χ1n) is 7.11. The SMILES string of the molecule is CC(C)CCNC(N)=NCc1nnc2n1CCCC2. The molecule has 2 rings (SSSR count). The van der Waals surface area contributed by atoms with E-state index in [1.54, 1.807) is 0 Å². The minimum absolute atomic E-state index is 0.494. The molecule has 0 aliphatic carbocycles. The summed E-state index contributed by atoms with van der Waals surface area (Å²) >= 11 is 0. The van der Waals surface area contributed by atoms with Crippen LogP contribution in [-0.4, -0.2) is 27.3 Å². The van der Waals surface area contributed by atoms with E-state index < -0.39 is 0 Å². The van der Waals surface area contributed by atoms with Gasteiger partial charge in [-0.2, -0.15) is 0 Å². The van der Waals surface area contributed by atoms with Crippen LogP contribution < -0.4 is 11.1 Å². The molecule has 0 radical (unpaired) electrons. The monoisotopic (exact) mass is 264 g/mol. The number of hydrogen-bond donors (Lipinski definition) is 2. The van der Waals surface area contributed by atoms with E-state index in [1.807, 2.05) is 0 Å². The molecule has 6 nitrogen and oxygen atoms in total. The van der Waals surface area contributed by atoms with Crippen LogP contribution in [-0.2, 0) is 19.5 Å². The Labute approximate surface area is 114 Å². The molecule has 0 saturated carbocycles. The highest BCUT2D eigenvalue weighted by Gasteiger charge is 2.14. The van der Waals surface area contributed by atoms with Gasteiger partial charge in [0.15, 0.2) is 11.8 Å². The smallest absolute Gasteiger partial charge is 0.189 e. The van der Waals surface area contributed by atoms with Crippen molar-refractivity contribution < 1.29 is 0 Å². The second-order valence-corrected chi connectivity index (χ2v) is 5.45. The summed E-state index contributed by atoms with van der Waals surface area (Å²) in [5.41, 5.74) is 5.83. The molecule has 2 heterocycles. The summed E-state index contributed by atoms with van der Waals surface area (Å²) in [6, 6.07) is 0. The second kappa shape index (κ2) is 6.54. The second-order valence-electron chi connectivity index (χ2n) is 5.45. The average molecular weight is 264 g/mol. The lowest BCUT2D eigenvalue weighted by molar-refractivity contribution is 0.508. The van der Waals surface area contributed by atoms with Gasteiger partial charge >= 0.3 is 0 Å². The summed E-state index contributed by atoms with van der Waals surface area (Å²) in [5.74, 6) is 3.17. The zero-order valence-electron chi connectivity index (χ0n) is 11.9. The van der Waals surface area contributed by atoms with Crippen LogP contribution >= 0.6 is 0 Å². The van der Waals surface area contributed by atoms with E-state index >= 15 is 0 Å². The normalized spacial score (nSPS) is 15.6. The molecule has 0 unspecified atom stereocenters. The molecule has 0 bridgehead atoms. The lowest BCUT2D eigenvalue weighted by Gasteiger charge is -2.14. The standard InChI is InChI=1S/C13H24N6/c1-10(2)6-7-15-13(14)16-9-12-18-17-11-5-3-4-8-19(11)12/h10H,3-9H2,1-2H3,(H3,14,15,16). The lowest BCUT2D eigenvalue weighted by atomic mass is 10.1. The molecule has 106 valence electrons. The van der Waals surface area contributed by atoms with Crippen LogP contribution in [0.15, 0.2) is 4.99 Å². The molecule has 1 aromatic heterocycles. The maximum Gasteiger partial charge on any atom is 0.189 e. The number of aromatic nitrogens is 3. The zero-order chi connectivity index (χ0) is 13.7. The Balaban J connectivity index is 1.85. The summed E-state index contributed by atoms with van der Waals surface area (Å²) in [6.45, 7) is 6.77. The largest absolute Gasteiger partial charge is 0.370 e. The molecule has 1 aromatic rings. The van der Waals surface area contributed by atoms with Gasteiger partial charge < -0.3 is 15.6 Å². The van der Waals surface area contributed by atoms with Crippen molar-refractivity contribution in [1.82, 2.24) is 20.1 Å². The van der Waals surface area contributed by atoms with Gasteiger partial charge in [0.05, 0.1) is 0 Å². The van der Waals surface area contributed by atoms with E-state index in [2.05, 4.69) is 38.9 Å². The molecule has 19 heavy (non-hydrogen) atoms. The lowest BCUT2D eigenvalue weighted by Crippen LogP contribution is -2.33. The van der Waals surface area contributed by atoms with Crippen LogP contribution in [0, 0.1) is 5.92 Å². The highest BCUT2D eigenvalue weighted by molar-refractivity contribution is 5.77. The van der Waals surface area contributed by atoms with Gasteiger partial charge in [0, 0.05) is 19.5 Å². The van der Waals surface area contributed by atoms with Crippen molar-refractivity contribution in [3.8, 4) is 0 Å². The van der Waals surface area contributed by atoms with E-state index in [1.165, 1.54) is 12.8 Å². The molecule has 0 aromatic carbocycles. The number of aryl methyl sites for hydroxylation is 1. The molecule has 6 heteroatoms. The molecule has 0 atom stereocenters. The first-order chi connectivity index (χ1) is 9.16. The van der Waals surface area contributed by atoms with Crippen molar-refractivity contribution in [3.05, 3.63) is 11.6 Å². The van der Waals surface area contributed by atoms with Crippen molar-refractivity contribution in [3.63, 3.8) is 0 Å². The molecule has 0 amide bonds. The van der Waals surface area contributed by atoms with Crippen molar-refractivity contribution in [2.45, 2.75) is 52.6 Å². The highest BCUT2D eigenvalue weighted by atomic mass is 15.3. The van der Waals surface area contributed by atoms with Crippen LogP contribution in [0.5, 0.6) is 0 Å². The number of nitrogens with zero attached hydrogens (tertiary/aromatic N) is 4. The first-order valence-corrected chi connectivity index (χ1v) is 7.11. The predicted octanol–water partition coefficient (Wildman–Crippen LogP) is 1.06. The number of fused-ring (bicyclic) bond motifs is 1. The third-order valence-corrected chi connectivity index (χ3v) is 3.35. The average Bonchev–Trinajstić information content (AvgIpc) is 2.79. The predicted molar refractivity (Wildman–Crippen MR) is 75.7 cm³/mol.